The summed E-state index contributed by atoms with van der Waals surface area (Å²) in [5.74, 6) is 0.841. The first-order valence-corrected chi connectivity index (χ1v) is 8.11. The van der Waals surface area contributed by atoms with Crippen molar-refractivity contribution in [3.8, 4) is 0 Å². The van der Waals surface area contributed by atoms with Crippen LogP contribution in [0.15, 0.2) is 36.9 Å². The molecule has 0 aromatic carbocycles. The van der Waals surface area contributed by atoms with Crippen LogP contribution in [0.3, 0.4) is 0 Å². The zero-order chi connectivity index (χ0) is 15.9. The van der Waals surface area contributed by atoms with Crippen LogP contribution in [0.25, 0.3) is 0 Å². The number of rotatable bonds is 7. The molecule has 2 aromatic rings. The molecule has 0 spiro atoms. The van der Waals surface area contributed by atoms with Crippen molar-refractivity contribution in [1.29, 1.82) is 0 Å². The van der Waals surface area contributed by atoms with Crippen LogP contribution in [0.1, 0.15) is 25.7 Å². The van der Waals surface area contributed by atoms with Gasteiger partial charge in [0, 0.05) is 44.3 Å². The van der Waals surface area contributed by atoms with Crippen LogP contribution >= 0.6 is 0 Å². The topological polar surface area (TPSA) is 75.9 Å². The molecule has 23 heavy (non-hydrogen) atoms. The Labute approximate surface area is 135 Å². The number of likely N-dealkylation sites (tertiary alicyclic amines) is 1. The minimum absolute atomic E-state index is 0.232. The summed E-state index contributed by atoms with van der Waals surface area (Å²) in [5.41, 5.74) is 0. The summed E-state index contributed by atoms with van der Waals surface area (Å²) in [6.45, 7) is 2.35. The normalized spacial score (nSPS) is 17.4. The maximum Gasteiger partial charge on any atom is 0.222 e. The second-order valence-electron chi connectivity index (χ2n) is 5.71. The molecule has 1 N–H and O–H groups in total. The van der Waals surface area contributed by atoms with Gasteiger partial charge in [-0.3, -0.25) is 9.48 Å². The molecule has 0 unspecified atom stereocenters. The van der Waals surface area contributed by atoms with Gasteiger partial charge in [0.1, 0.15) is 0 Å². The molecule has 1 atom stereocenters. The van der Waals surface area contributed by atoms with Gasteiger partial charge in [0.25, 0.3) is 0 Å². The molecule has 122 valence electrons. The fourth-order valence-corrected chi connectivity index (χ4v) is 2.95. The first kappa shape index (κ1) is 15.5. The number of nitrogens with zero attached hydrogens (tertiary/aromatic N) is 5. The van der Waals surface area contributed by atoms with Crippen molar-refractivity contribution in [2.75, 3.05) is 18.4 Å². The van der Waals surface area contributed by atoms with Crippen LogP contribution in [0.5, 0.6) is 0 Å². The molecule has 1 amide bonds. The van der Waals surface area contributed by atoms with E-state index in [4.69, 9.17) is 0 Å². The summed E-state index contributed by atoms with van der Waals surface area (Å²) in [6.07, 6.45) is 10.6. The largest absolute Gasteiger partial charge is 0.354 e. The number of anilines is 1. The molecule has 3 heterocycles. The molecule has 0 radical (unpaired) electrons. The van der Waals surface area contributed by atoms with Crippen LogP contribution < -0.4 is 5.32 Å². The van der Waals surface area contributed by atoms with E-state index in [1.165, 1.54) is 0 Å². The van der Waals surface area contributed by atoms with E-state index in [0.29, 0.717) is 18.9 Å². The molecular formula is C16H22N6O. The lowest BCUT2D eigenvalue weighted by Crippen LogP contribution is -2.38. The maximum absolute atomic E-state index is 12.4. The highest BCUT2D eigenvalue weighted by molar-refractivity contribution is 5.76. The third kappa shape index (κ3) is 4.28. The Hall–Kier alpha value is -2.44. The van der Waals surface area contributed by atoms with Gasteiger partial charge in [0.15, 0.2) is 0 Å². The lowest BCUT2D eigenvalue weighted by molar-refractivity contribution is -0.132. The molecule has 1 aliphatic heterocycles. The monoisotopic (exact) mass is 314 g/mol. The third-order valence-corrected chi connectivity index (χ3v) is 4.07. The Kier molecular flexibility index (Phi) is 5.18. The van der Waals surface area contributed by atoms with Gasteiger partial charge < -0.3 is 10.2 Å². The average Bonchev–Trinajstić information content (AvgIpc) is 3.25. The minimum Gasteiger partial charge on any atom is -0.354 e. The Balaban J connectivity index is 1.42. The summed E-state index contributed by atoms with van der Waals surface area (Å²) in [5, 5.41) is 7.37. The van der Waals surface area contributed by atoms with Gasteiger partial charge in [-0.2, -0.15) is 5.10 Å². The molecule has 1 fully saturated rings. The molecule has 3 rings (SSSR count). The van der Waals surface area contributed by atoms with Crippen molar-refractivity contribution >= 4 is 11.9 Å². The molecule has 0 saturated carbocycles. The van der Waals surface area contributed by atoms with E-state index in [9.17, 15) is 4.79 Å². The van der Waals surface area contributed by atoms with Gasteiger partial charge in [-0.25, -0.2) is 9.97 Å². The summed E-state index contributed by atoms with van der Waals surface area (Å²) in [4.78, 5) is 22.6. The van der Waals surface area contributed by atoms with E-state index >= 15 is 0 Å². The van der Waals surface area contributed by atoms with Gasteiger partial charge in [-0.1, -0.05) is 0 Å². The first-order valence-electron chi connectivity index (χ1n) is 8.11. The van der Waals surface area contributed by atoms with Crippen LogP contribution in [0.2, 0.25) is 0 Å². The van der Waals surface area contributed by atoms with E-state index in [1.54, 1.807) is 24.7 Å². The van der Waals surface area contributed by atoms with Crippen LogP contribution in [0.4, 0.5) is 5.95 Å². The Morgan fingerprint density at radius 1 is 1.26 bits per heavy atom. The second kappa shape index (κ2) is 7.71. The minimum atomic E-state index is 0.232. The van der Waals surface area contributed by atoms with Gasteiger partial charge in [-0.15, -0.1) is 0 Å². The number of nitrogens with one attached hydrogen (secondary N) is 1. The first-order chi connectivity index (χ1) is 11.3. The highest BCUT2D eigenvalue weighted by atomic mass is 16.2. The van der Waals surface area contributed by atoms with Gasteiger partial charge >= 0.3 is 0 Å². The lowest BCUT2D eigenvalue weighted by atomic mass is 10.2. The molecule has 7 heteroatoms. The van der Waals surface area contributed by atoms with Crippen LogP contribution in [-0.2, 0) is 11.3 Å². The van der Waals surface area contributed by atoms with Gasteiger partial charge in [0.2, 0.25) is 11.9 Å². The van der Waals surface area contributed by atoms with Crippen molar-refractivity contribution in [1.82, 2.24) is 24.6 Å². The number of carbonyl (C=O) groups is 1. The quantitative estimate of drug-likeness (QED) is 0.785. The van der Waals surface area contributed by atoms with Crippen LogP contribution in [-0.4, -0.2) is 49.7 Å². The molecule has 0 aliphatic carbocycles. The summed E-state index contributed by atoms with van der Waals surface area (Å²) in [7, 11) is 0. The lowest BCUT2D eigenvalue weighted by Gasteiger charge is -2.24. The molecule has 7 nitrogen and oxygen atoms in total. The Bertz CT molecular complexity index is 600. The van der Waals surface area contributed by atoms with E-state index in [2.05, 4.69) is 20.4 Å². The van der Waals surface area contributed by atoms with Crippen molar-refractivity contribution in [3.63, 3.8) is 0 Å². The molecule has 1 saturated heterocycles. The van der Waals surface area contributed by atoms with E-state index < -0.39 is 0 Å². The van der Waals surface area contributed by atoms with E-state index in [-0.39, 0.29) is 11.9 Å². The van der Waals surface area contributed by atoms with Crippen molar-refractivity contribution in [2.45, 2.75) is 38.3 Å². The number of aromatic nitrogens is 4. The number of carbonyl (C=O) groups excluding carboxylic acids is 1. The van der Waals surface area contributed by atoms with Crippen molar-refractivity contribution < 1.29 is 4.79 Å². The number of amides is 1. The fourth-order valence-electron chi connectivity index (χ4n) is 2.95. The second-order valence-corrected chi connectivity index (χ2v) is 5.71. The fraction of sp³-hybridized carbons (Fsp3) is 0.500. The Morgan fingerprint density at radius 3 is 2.91 bits per heavy atom. The van der Waals surface area contributed by atoms with Crippen LogP contribution in [0, 0.1) is 0 Å². The number of hydrogen-bond acceptors (Lipinski definition) is 5. The van der Waals surface area contributed by atoms with Gasteiger partial charge in [-0.05, 0) is 31.4 Å². The van der Waals surface area contributed by atoms with Crippen molar-refractivity contribution in [2.24, 2.45) is 0 Å². The Morgan fingerprint density at radius 2 is 2.13 bits per heavy atom. The summed E-state index contributed by atoms with van der Waals surface area (Å²) in [6, 6.07) is 3.97. The SMILES string of the molecule is O=C(CCCNc1ncccn1)N1CCC[C@@H]1Cn1cccn1. The molecule has 2 aromatic heterocycles. The van der Waals surface area contributed by atoms with Gasteiger partial charge in [0.05, 0.1) is 12.6 Å². The molecular weight excluding hydrogens is 292 g/mol. The third-order valence-electron chi connectivity index (χ3n) is 4.07. The maximum atomic E-state index is 12.4. The zero-order valence-corrected chi connectivity index (χ0v) is 13.1. The zero-order valence-electron chi connectivity index (χ0n) is 13.1. The van der Waals surface area contributed by atoms with E-state index in [1.807, 2.05) is 21.8 Å². The number of hydrogen-bond donors (Lipinski definition) is 1. The average molecular weight is 314 g/mol. The predicted octanol–water partition coefficient (Wildman–Crippen LogP) is 1.56. The highest BCUT2D eigenvalue weighted by Crippen LogP contribution is 2.20. The summed E-state index contributed by atoms with van der Waals surface area (Å²) < 4.78 is 1.91. The molecule has 1 aliphatic rings. The van der Waals surface area contributed by atoms with E-state index in [0.717, 1.165) is 32.4 Å². The predicted molar refractivity (Wildman–Crippen MR) is 86.7 cm³/mol. The summed E-state index contributed by atoms with van der Waals surface area (Å²) >= 11 is 0. The van der Waals surface area contributed by atoms with Crippen molar-refractivity contribution in [3.05, 3.63) is 36.9 Å². The highest BCUT2D eigenvalue weighted by Gasteiger charge is 2.28. The standard InChI is InChI=1S/C16H22N6O/c23-15(6-1-7-17-16-18-8-3-9-19-16)22-12-2-5-14(22)13-21-11-4-10-20-21/h3-4,8-11,14H,1-2,5-7,12-13H2,(H,17,18,19)/t14-/m1/s1. The smallest absolute Gasteiger partial charge is 0.222 e. The molecule has 0 bridgehead atoms.